The predicted octanol–water partition coefficient (Wildman–Crippen LogP) is 2.41. The van der Waals surface area contributed by atoms with Crippen molar-refractivity contribution in [3.63, 3.8) is 0 Å². The molecule has 0 aromatic heterocycles. The molecule has 0 heterocycles. The summed E-state index contributed by atoms with van der Waals surface area (Å²) >= 11 is 0. The summed E-state index contributed by atoms with van der Waals surface area (Å²) in [6.45, 7) is 4.17. The summed E-state index contributed by atoms with van der Waals surface area (Å²) in [6.07, 6.45) is 2.05. The van der Waals surface area contributed by atoms with Gasteiger partial charge in [-0.3, -0.25) is 4.79 Å². The Morgan fingerprint density at radius 1 is 1.33 bits per heavy atom. The van der Waals surface area contributed by atoms with Gasteiger partial charge in [0.1, 0.15) is 5.75 Å². The molecule has 1 rings (SSSR count). The molecule has 1 unspecified atom stereocenters. The summed E-state index contributed by atoms with van der Waals surface area (Å²) in [5, 5.41) is 5.92. The standard InChI is InChI=1S/C14H22N2O2/c1-4-5-11(2)16-14(17)10-18-13-8-6-12(15-3)7-9-13/h6-9,11,15H,4-5,10H2,1-3H3,(H,16,17). The Labute approximate surface area is 109 Å². The van der Waals surface area contributed by atoms with Gasteiger partial charge in [-0.25, -0.2) is 0 Å². The number of carbonyl (C=O) groups excluding carboxylic acids is 1. The van der Waals surface area contributed by atoms with Crippen molar-refractivity contribution >= 4 is 11.6 Å². The van der Waals surface area contributed by atoms with Gasteiger partial charge in [0.25, 0.3) is 5.91 Å². The Morgan fingerprint density at radius 2 is 2.00 bits per heavy atom. The van der Waals surface area contributed by atoms with Crippen LogP contribution in [0.4, 0.5) is 5.69 Å². The van der Waals surface area contributed by atoms with Crippen molar-refractivity contribution in [3.05, 3.63) is 24.3 Å². The summed E-state index contributed by atoms with van der Waals surface area (Å²) < 4.78 is 5.41. The number of amides is 1. The Kier molecular flexibility index (Phi) is 6.05. The Morgan fingerprint density at radius 3 is 2.56 bits per heavy atom. The summed E-state index contributed by atoms with van der Waals surface area (Å²) in [4.78, 5) is 11.6. The molecule has 0 fully saturated rings. The zero-order valence-corrected chi connectivity index (χ0v) is 11.3. The number of nitrogens with one attached hydrogen (secondary N) is 2. The van der Waals surface area contributed by atoms with E-state index >= 15 is 0 Å². The molecular weight excluding hydrogens is 228 g/mol. The minimum atomic E-state index is -0.0753. The zero-order chi connectivity index (χ0) is 13.4. The highest BCUT2D eigenvalue weighted by Crippen LogP contribution is 2.14. The summed E-state index contributed by atoms with van der Waals surface area (Å²) in [5.74, 6) is 0.626. The number of hydrogen-bond acceptors (Lipinski definition) is 3. The van der Waals surface area contributed by atoms with Gasteiger partial charge in [0.15, 0.2) is 6.61 Å². The lowest BCUT2D eigenvalue weighted by atomic mass is 10.2. The van der Waals surface area contributed by atoms with Crippen LogP contribution in [0.5, 0.6) is 5.75 Å². The molecule has 1 aromatic carbocycles. The maximum absolute atomic E-state index is 11.6. The minimum Gasteiger partial charge on any atom is -0.484 e. The van der Waals surface area contributed by atoms with Gasteiger partial charge in [0.2, 0.25) is 0 Å². The van der Waals surface area contributed by atoms with Gasteiger partial charge in [0, 0.05) is 18.8 Å². The van der Waals surface area contributed by atoms with Crippen LogP contribution >= 0.6 is 0 Å². The van der Waals surface area contributed by atoms with Gasteiger partial charge in [-0.2, -0.15) is 0 Å². The highest BCUT2D eigenvalue weighted by molar-refractivity contribution is 5.77. The van der Waals surface area contributed by atoms with E-state index in [1.807, 2.05) is 38.2 Å². The van der Waals surface area contributed by atoms with Crippen LogP contribution in [0.2, 0.25) is 0 Å². The molecule has 4 heteroatoms. The van der Waals surface area contributed by atoms with E-state index in [-0.39, 0.29) is 18.6 Å². The van der Waals surface area contributed by atoms with Gasteiger partial charge >= 0.3 is 0 Å². The second-order valence-corrected chi connectivity index (χ2v) is 4.32. The molecule has 0 radical (unpaired) electrons. The maximum atomic E-state index is 11.6. The molecule has 18 heavy (non-hydrogen) atoms. The van der Waals surface area contributed by atoms with Gasteiger partial charge in [0.05, 0.1) is 0 Å². The molecule has 0 spiro atoms. The monoisotopic (exact) mass is 250 g/mol. The van der Waals surface area contributed by atoms with E-state index in [2.05, 4.69) is 17.6 Å². The molecule has 0 saturated carbocycles. The van der Waals surface area contributed by atoms with Gasteiger partial charge in [-0.05, 0) is 37.6 Å². The smallest absolute Gasteiger partial charge is 0.258 e. The van der Waals surface area contributed by atoms with Crippen molar-refractivity contribution in [2.24, 2.45) is 0 Å². The normalized spacial score (nSPS) is 11.7. The number of anilines is 1. The first kappa shape index (κ1) is 14.4. The first-order valence-electron chi connectivity index (χ1n) is 6.35. The first-order valence-corrected chi connectivity index (χ1v) is 6.35. The van der Waals surface area contributed by atoms with Crippen LogP contribution in [0.25, 0.3) is 0 Å². The zero-order valence-electron chi connectivity index (χ0n) is 11.3. The molecule has 0 aliphatic heterocycles. The van der Waals surface area contributed by atoms with Crippen LogP contribution in [-0.4, -0.2) is 25.6 Å². The maximum Gasteiger partial charge on any atom is 0.258 e. The predicted molar refractivity (Wildman–Crippen MR) is 74.0 cm³/mol. The van der Waals surface area contributed by atoms with Crippen molar-refractivity contribution in [2.75, 3.05) is 19.0 Å². The van der Waals surface area contributed by atoms with E-state index < -0.39 is 0 Å². The Balaban J connectivity index is 2.33. The summed E-state index contributed by atoms with van der Waals surface area (Å²) in [6, 6.07) is 7.71. The van der Waals surface area contributed by atoms with Gasteiger partial charge in [-0.15, -0.1) is 0 Å². The van der Waals surface area contributed by atoms with Crippen LogP contribution < -0.4 is 15.4 Å². The minimum absolute atomic E-state index is 0.0625. The van der Waals surface area contributed by atoms with Crippen molar-refractivity contribution in [3.8, 4) is 5.75 Å². The van der Waals surface area contributed by atoms with E-state index in [0.717, 1.165) is 18.5 Å². The lowest BCUT2D eigenvalue weighted by Crippen LogP contribution is -2.35. The highest BCUT2D eigenvalue weighted by Gasteiger charge is 2.06. The number of rotatable bonds is 7. The fourth-order valence-electron chi connectivity index (χ4n) is 1.69. The molecular formula is C14H22N2O2. The average Bonchev–Trinajstić information content (AvgIpc) is 2.37. The number of ether oxygens (including phenoxy) is 1. The Hall–Kier alpha value is -1.71. The van der Waals surface area contributed by atoms with E-state index in [1.165, 1.54) is 0 Å². The van der Waals surface area contributed by atoms with E-state index in [9.17, 15) is 4.79 Å². The second-order valence-electron chi connectivity index (χ2n) is 4.32. The van der Waals surface area contributed by atoms with Crippen molar-refractivity contribution in [1.82, 2.24) is 5.32 Å². The molecule has 100 valence electrons. The third-order valence-electron chi connectivity index (χ3n) is 2.64. The lowest BCUT2D eigenvalue weighted by molar-refractivity contribution is -0.123. The molecule has 1 aromatic rings. The number of carbonyl (C=O) groups is 1. The molecule has 4 nitrogen and oxygen atoms in total. The Bertz CT molecular complexity index is 363. The van der Waals surface area contributed by atoms with Crippen molar-refractivity contribution in [2.45, 2.75) is 32.7 Å². The van der Waals surface area contributed by atoms with Crippen molar-refractivity contribution in [1.29, 1.82) is 0 Å². The van der Waals surface area contributed by atoms with Crippen LogP contribution in [0, 0.1) is 0 Å². The molecule has 0 aliphatic carbocycles. The molecule has 1 amide bonds. The fourth-order valence-corrected chi connectivity index (χ4v) is 1.69. The van der Waals surface area contributed by atoms with E-state index in [0.29, 0.717) is 5.75 Å². The van der Waals surface area contributed by atoms with E-state index in [1.54, 1.807) is 0 Å². The molecule has 0 saturated heterocycles. The summed E-state index contributed by atoms with van der Waals surface area (Å²) in [5.41, 5.74) is 1.02. The fraction of sp³-hybridized carbons (Fsp3) is 0.500. The molecule has 0 aliphatic rings. The van der Waals surface area contributed by atoms with Crippen LogP contribution in [0.15, 0.2) is 24.3 Å². The second kappa shape index (κ2) is 7.58. The average molecular weight is 250 g/mol. The number of benzene rings is 1. The summed E-state index contributed by atoms with van der Waals surface area (Å²) in [7, 11) is 1.86. The SMILES string of the molecule is CCCC(C)NC(=O)COc1ccc(NC)cc1. The number of hydrogen-bond donors (Lipinski definition) is 2. The third-order valence-corrected chi connectivity index (χ3v) is 2.64. The van der Waals surface area contributed by atoms with Crippen LogP contribution in [-0.2, 0) is 4.79 Å². The van der Waals surface area contributed by atoms with Gasteiger partial charge in [-0.1, -0.05) is 13.3 Å². The van der Waals surface area contributed by atoms with Gasteiger partial charge < -0.3 is 15.4 Å². The first-order chi connectivity index (χ1) is 8.65. The van der Waals surface area contributed by atoms with Crippen LogP contribution in [0.3, 0.4) is 0 Å². The lowest BCUT2D eigenvalue weighted by Gasteiger charge is -2.13. The third kappa shape index (κ3) is 5.08. The van der Waals surface area contributed by atoms with Crippen molar-refractivity contribution < 1.29 is 9.53 Å². The molecule has 1 atom stereocenters. The molecule has 0 bridgehead atoms. The highest BCUT2D eigenvalue weighted by atomic mass is 16.5. The molecule has 2 N–H and O–H groups in total. The quantitative estimate of drug-likeness (QED) is 0.781. The topological polar surface area (TPSA) is 50.4 Å². The largest absolute Gasteiger partial charge is 0.484 e. The van der Waals surface area contributed by atoms with Crippen LogP contribution in [0.1, 0.15) is 26.7 Å². The van der Waals surface area contributed by atoms with E-state index in [4.69, 9.17) is 4.74 Å².